The van der Waals surface area contributed by atoms with Gasteiger partial charge in [0.25, 0.3) is 10.0 Å². The molecule has 0 saturated heterocycles. The van der Waals surface area contributed by atoms with Crippen LogP contribution in [0.25, 0.3) is 0 Å². The second kappa shape index (κ2) is 12.5. The Hall–Kier alpha value is -3.92. The van der Waals surface area contributed by atoms with Crippen molar-refractivity contribution in [3.05, 3.63) is 89.7 Å². The fourth-order valence-corrected chi connectivity index (χ4v) is 5.45. The Kier molecular flexibility index (Phi) is 9.57. The lowest BCUT2D eigenvalue weighted by molar-refractivity contribution is -0.140. The average molecular weight is 570 g/mol. The SMILES string of the molecule is COc1ccc(S(=O)(=O)N(CC(=O)N(Cc2ccccc2C)[C@H](C)C(=O)NC(C)(C)C)c2ccc(F)cc2)cc1. The lowest BCUT2D eigenvalue weighted by Crippen LogP contribution is -2.54. The minimum Gasteiger partial charge on any atom is -0.497 e. The molecule has 3 rings (SSSR count). The van der Waals surface area contributed by atoms with Crippen LogP contribution in [0.1, 0.15) is 38.8 Å². The van der Waals surface area contributed by atoms with Crippen molar-refractivity contribution in [1.82, 2.24) is 10.2 Å². The molecule has 2 amide bonds. The highest BCUT2D eigenvalue weighted by atomic mass is 32.2. The zero-order valence-electron chi connectivity index (χ0n) is 23.6. The average Bonchev–Trinajstić information content (AvgIpc) is 2.90. The number of aryl methyl sites for hydroxylation is 1. The van der Waals surface area contributed by atoms with Crippen LogP contribution in [0.15, 0.2) is 77.7 Å². The van der Waals surface area contributed by atoms with E-state index < -0.39 is 39.9 Å². The van der Waals surface area contributed by atoms with E-state index >= 15 is 0 Å². The monoisotopic (exact) mass is 569 g/mol. The van der Waals surface area contributed by atoms with Crippen LogP contribution >= 0.6 is 0 Å². The Bertz CT molecular complexity index is 1440. The molecule has 0 aromatic heterocycles. The molecule has 0 fully saturated rings. The van der Waals surface area contributed by atoms with Crippen LogP contribution in [0.5, 0.6) is 5.75 Å². The summed E-state index contributed by atoms with van der Waals surface area (Å²) in [6.07, 6.45) is 0. The largest absolute Gasteiger partial charge is 0.497 e. The number of carbonyl (C=O) groups is 2. The lowest BCUT2D eigenvalue weighted by atomic mass is 10.1. The second-order valence-corrected chi connectivity index (χ2v) is 12.4. The van der Waals surface area contributed by atoms with Gasteiger partial charge in [0.1, 0.15) is 24.2 Å². The molecule has 0 heterocycles. The number of amides is 2. The van der Waals surface area contributed by atoms with E-state index in [0.717, 1.165) is 27.6 Å². The molecule has 10 heteroatoms. The highest BCUT2D eigenvalue weighted by Gasteiger charge is 2.33. The third-order valence-electron chi connectivity index (χ3n) is 6.31. The van der Waals surface area contributed by atoms with Crippen LogP contribution in [0.4, 0.5) is 10.1 Å². The standard InChI is InChI=1S/C30H36FN3O5S/c1-21-9-7-8-10-23(21)19-33(22(2)29(36)32-30(3,4)5)28(35)20-34(25-13-11-24(31)12-14-25)40(37,38)27-17-15-26(39-6)16-18-27/h7-18,22H,19-20H2,1-6H3,(H,32,36)/t22-/m1/s1. The quantitative estimate of drug-likeness (QED) is 0.383. The smallest absolute Gasteiger partial charge is 0.264 e. The minimum absolute atomic E-state index is 0.0746. The van der Waals surface area contributed by atoms with Gasteiger partial charge >= 0.3 is 0 Å². The molecule has 3 aromatic rings. The van der Waals surface area contributed by atoms with Gasteiger partial charge in [-0.3, -0.25) is 13.9 Å². The predicted octanol–water partition coefficient (Wildman–Crippen LogP) is 4.67. The van der Waals surface area contributed by atoms with E-state index in [1.807, 2.05) is 52.0 Å². The first-order valence-electron chi connectivity index (χ1n) is 12.8. The number of hydrogen-bond acceptors (Lipinski definition) is 5. The van der Waals surface area contributed by atoms with E-state index in [1.165, 1.54) is 48.4 Å². The van der Waals surface area contributed by atoms with Crippen molar-refractivity contribution in [3.63, 3.8) is 0 Å². The van der Waals surface area contributed by atoms with Gasteiger partial charge in [0.15, 0.2) is 0 Å². The van der Waals surface area contributed by atoms with Crippen molar-refractivity contribution in [1.29, 1.82) is 0 Å². The van der Waals surface area contributed by atoms with E-state index in [1.54, 1.807) is 6.92 Å². The van der Waals surface area contributed by atoms with Gasteiger partial charge in [0.2, 0.25) is 11.8 Å². The second-order valence-electron chi connectivity index (χ2n) is 10.5. The molecular formula is C30H36FN3O5S. The Morgan fingerprint density at radius 3 is 2.12 bits per heavy atom. The van der Waals surface area contributed by atoms with Crippen molar-refractivity contribution in [2.24, 2.45) is 0 Å². The van der Waals surface area contributed by atoms with E-state index in [4.69, 9.17) is 4.74 Å². The van der Waals surface area contributed by atoms with Crippen LogP contribution < -0.4 is 14.4 Å². The molecule has 40 heavy (non-hydrogen) atoms. The lowest BCUT2D eigenvalue weighted by Gasteiger charge is -2.33. The van der Waals surface area contributed by atoms with Crippen LogP contribution in [-0.4, -0.2) is 50.4 Å². The first-order chi connectivity index (χ1) is 18.7. The third kappa shape index (κ3) is 7.59. The van der Waals surface area contributed by atoms with Gasteiger partial charge in [0, 0.05) is 12.1 Å². The summed E-state index contributed by atoms with van der Waals surface area (Å²) in [5.74, 6) is -1.06. The summed E-state index contributed by atoms with van der Waals surface area (Å²) >= 11 is 0. The van der Waals surface area contributed by atoms with Crippen LogP contribution in [-0.2, 0) is 26.2 Å². The summed E-state index contributed by atoms with van der Waals surface area (Å²) in [7, 11) is -2.80. The van der Waals surface area contributed by atoms with Gasteiger partial charge in [-0.15, -0.1) is 0 Å². The van der Waals surface area contributed by atoms with Crippen molar-refractivity contribution in [3.8, 4) is 5.75 Å². The number of nitrogens with zero attached hydrogens (tertiary/aromatic N) is 2. The summed E-state index contributed by atoms with van der Waals surface area (Å²) in [5, 5.41) is 2.89. The molecule has 0 unspecified atom stereocenters. The van der Waals surface area contributed by atoms with Crippen molar-refractivity contribution >= 4 is 27.5 Å². The van der Waals surface area contributed by atoms with Crippen LogP contribution in [0, 0.1) is 12.7 Å². The van der Waals surface area contributed by atoms with Crippen LogP contribution in [0.3, 0.4) is 0 Å². The molecular weight excluding hydrogens is 533 g/mol. The van der Waals surface area contributed by atoms with E-state index in [2.05, 4.69) is 5.32 Å². The molecule has 0 saturated carbocycles. The van der Waals surface area contributed by atoms with Crippen molar-refractivity contribution in [2.45, 2.75) is 57.6 Å². The predicted molar refractivity (Wildman–Crippen MR) is 153 cm³/mol. The first-order valence-corrected chi connectivity index (χ1v) is 14.3. The number of ether oxygens (including phenoxy) is 1. The molecule has 214 valence electrons. The molecule has 0 spiro atoms. The summed E-state index contributed by atoms with van der Waals surface area (Å²) in [5.41, 5.74) is 1.30. The number of nitrogens with one attached hydrogen (secondary N) is 1. The van der Waals surface area contributed by atoms with E-state index in [9.17, 15) is 22.4 Å². The van der Waals surface area contributed by atoms with Crippen LogP contribution in [0.2, 0.25) is 0 Å². The summed E-state index contributed by atoms with van der Waals surface area (Å²) in [4.78, 5) is 28.4. The fraction of sp³-hybridized carbons (Fsp3) is 0.333. The fourth-order valence-electron chi connectivity index (χ4n) is 4.04. The van der Waals surface area contributed by atoms with Gasteiger partial charge in [0.05, 0.1) is 17.7 Å². The molecule has 8 nitrogen and oxygen atoms in total. The molecule has 0 aliphatic rings. The van der Waals surface area contributed by atoms with Crippen molar-refractivity contribution < 1.29 is 27.1 Å². The molecule has 3 aromatic carbocycles. The number of methoxy groups -OCH3 is 1. The molecule has 0 aliphatic carbocycles. The minimum atomic E-state index is -4.27. The first kappa shape index (κ1) is 30.6. The molecule has 0 bridgehead atoms. The number of carbonyl (C=O) groups excluding carboxylic acids is 2. The maximum atomic E-state index is 13.9. The van der Waals surface area contributed by atoms with Gasteiger partial charge in [-0.2, -0.15) is 0 Å². The van der Waals surface area contributed by atoms with Gasteiger partial charge in [-0.25, -0.2) is 12.8 Å². The maximum Gasteiger partial charge on any atom is 0.264 e. The van der Waals surface area contributed by atoms with Gasteiger partial charge in [-0.1, -0.05) is 24.3 Å². The number of benzene rings is 3. The zero-order valence-corrected chi connectivity index (χ0v) is 24.5. The van der Waals surface area contributed by atoms with Crippen molar-refractivity contribution in [2.75, 3.05) is 18.0 Å². The Morgan fingerprint density at radius 2 is 1.57 bits per heavy atom. The molecule has 0 aliphatic heterocycles. The Labute approximate surface area is 235 Å². The summed E-state index contributed by atoms with van der Waals surface area (Å²) < 4.78 is 47.5. The number of rotatable bonds is 10. The zero-order chi connectivity index (χ0) is 29.7. The third-order valence-corrected chi connectivity index (χ3v) is 8.10. The number of anilines is 1. The van der Waals surface area contributed by atoms with Gasteiger partial charge in [-0.05, 0) is 94.3 Å². The summed E-state index contributed by atoms with van der Waals surface area (Å²) in [6, 6.07) is 17.2. The highest BCUT2D eigenvalue weighted by molar-refractivity contribution is 7.92. The Balaban J connectivity index is 2.04. The Morgan fingerprint density at radius 1 is 0.975 bits per heavy atom. The summed E-state index contributed by atoms with van der Waals surface area (Å²) in [6.45, 7) is 8.49. The maximum absolute atomic E-state index is 13.9. The van der Waals surface area contributed by atoms with Gasteiger partial charge < -0.3 is 15.0 Å². The highest BCUT2D eigenvalue weighted by Crippen LogP contribution is 2.26. The molecule has 0 radical (unpaired) electrons. The molecule has 1 atom stereocenters. The number of sulfonamides is 1. The number of halogens is 1. The van der Waals surface area contributed by atoms with E-state index in [-0.39, 0.29) is 23.0 Å². The number of hydrogen-bond donors (Lipinski definition) is 1. The normalized spacial score (nSPS) is 12.4. The molecule has 1 N–H and O–H groups in total. The topological polar surface area (TPSA) is 96.0 Å². The van der Waals surface area contributed by atoms with E-state index in [0.29, 0.717) is 5.75 Å².